The molecule has 0 radical (unpaired) electrons. The molecule has 6 heteroatoms. The summed E-state index contributed by atoms with van der Waals surface area (Å²) in [6, 6.07) is 11.3. The average Bonchev–Trinajstić information content (AvgIpc) is 2.81. The fourth-order valence-corrected chi connectivity index (χ4v) is 4.01. The van der Waals surface area contributed by atoms with Crippen LogP contribution >= 0.6 is 11.3 Å². The lowest BCUT2D eigenvalue weighted by molar-refractivity contribution is 0.680. The van der Waals surface area contributed by atoms with Crippen molar-refractivity contribution in [2.75, 3.05) is 5.73 Å². The molecule has 1 unspecified atom stereocenters. The van der Waals surface area contributed by atoms with Crippen molar-refractivity contribution in [2.24, 2.45) is 0 Å². The molecule has 96 valence electrons. The predicted molar refractivity (Wildman–Crippen MR) is 78.4 cm³/mol. The quantitative estimate of drug-likeness (QED) is 0.804. The van der Waals surface area contributed by atoms with Crippen LogP contribution in [-0.4, -0.2) is 14.2 Å². The molecule has 0 aliphatic rings. The molecule has 0 saturated carbocycles. The number of aromatic nitrogens is 2. The van der Waals surface area contributed by atoms with E-state index in [1.165, 1.54) is 0 Å². The summed E-state index contributed by atoms with van der Waals surface area (Å²) in [4.78, 5) is 8.54. The number of hydrogen-bond donors (Lipinski definition) is 1. The summed E-state index contributed by atoms with van der Waals surface area (Å²) in [5.41, 5.74) is 7.18. The van der Waals surface area contributed by atoms with Gasteiger partial charge in [0.25, 0.3) is 0 Å². The molecule has 19 heavy (non-hydrogen) atoms. The van der Waals surface area contributed by atoms with Crippen molar-refractivity contribution >= 4 is 38.0 Å². The molecule has 1 atom stereocenters. The number of nitrogens with zero attached hydrogens (tertiary/aromatic N) is 2. The second kappa shape index (κ2) is 5.07. The van der Waals surface area contributed by atoms with E-state index in [9.17, 15) is 4.21 Å². The molecule has 1 aromatic carbocycles. The summed E-state index contributed by atoms with van der Waals surface area (Å²) in [6.45, 7) is 0. The van der Waals surface area contributed by atoms with Crippen molar-refractivity contribution in [3.05, 3.63) is 47.6 Å². The maximum absolute atomic E-state index is 12.2. The third-order valence-electron chi connectivity index (χ3n) is 2.61. The van der Waals surface area contributed by atoms with Crippen molar-refractivity contribution in [1.29, 1.82) is 0 Å². The van der Waals surface area contributed by atoms with Crippen LogP contribution in [0, 0.1) is 0 Å². The van der Waals surface area contributed by atoms with Gasteiger partial charge in [-0.1, -0.05) is 12.1 Å². The van der Waals surface area contributed by atoms with E-state index in [1.807, 2.05) is 24.3 Å². The number of thiazole rings is 1. The monoisotopic (exact) mass is 289 g/mol. The maximum Gasteiger partial charge on any atom is 0.150 e. The van der Waals surface area contributed by atoms with Gasteiger partial charge in [-0.15, -0.1) is 11.3 Å². The Morgan fingerprint density at radius 1 is 1.21 bits per heavy atom. The fourth-order valence-electron chi connectivity index (χ4n) is 1.76. The molecule has 0 bridgehead atoms. The number of rotatable bonds is 3. The molecule has 0 aliphatic carbocycles. The second-order valence-corrected chi connectivity index (χ2v) is 6.44. The number of hydrogen-bond acceptors (Lipinski definition) is 5. The number of benzene rings is 1. The number of fused-ring (bicyclic) bond motifs is 1. The molecule has 0 amide bonds. The highest BCUT2D eigenvalue weighted by Gasteiger charge is 2.12. The zero-order valence-electron chi connectivity index (χ0n) is 9.95. The topological polar surface area (TPSA) is 68.9 Å². The zero-order chi connectivity index (χ0) is 13.2. The lowest BCUT2D eigenvalue weighted by Gasteiger charge is -2.01. The maximum atomic E-state index is 12.2. The van der Waals surface area contributed by atoms with Gasteiger partial charge in [-0.25, -0.2) is 9.97 Å². The van der Waals surface area contributed by atoms with E-state index >= 15 is 0 Å². The first-order valence-corrected chi connectivity index (χ1v) is 7.81. The molecule has 4 nitrogen and oxygen atoms in total. The fraction of sp³-hybridized carbons (Fsp3) is 0.0769. The molecule has 2 N–H and O–H groups in total. The number of nitrogens with two attached hydrogens (primary N) is 1. The van der Waals surface area contributed by atoms with Crippen molar-refractivity contribution in [3.8, 4) is 0 Å². The number of anilines is 1. The standard InChI is InChI=1S/C13H11N3OS2/c14-9-4-3-7-15-13(9)19(17)8-12-16-10-5-1-2-6-11(10)18-12/h1-7H,8,14H2. The molecule has 3 rings (SSSR count). The van der Waals surface area contributed by atoms with Crippen LogP contribution in [0.4, 0.5) is 5.69 Å². The Hall–Kier alpha value is -1.79. The van der Waals surface area contributed by atoms with Crippen LogP contribution in [0.1, 0.15) is 5.01 Å². The third-order valence-corrected chi connectivity index (χ3v) is 5.14. The van der Waals surface area contributed by atoms with E-state index in [0.717, 1.165) is 15.2 Å². The van der Waals surface area contributed by atoms with Crippen molar-refractivity contribution in [1.82, 2.24) is 9.97 Å². The SMILES string of the molecule is Nc1cccnc1S(=O)Cc1nc2ccccc2s1. The van der Waals surface area contributed by atoms with Crippen molar-refractivity contribution < 1.29 is 4.21 Å². The van der Waals surface area contributed by atoms with E-state index in [-0.39, 0.29) is 0 Å². The van der Waals surface area contributed by atoms with E-state index in [0.29, 0.717) is 16.5 Å². The lowest BCUT2D eigenvalue weighted by atomic mass is 10.3. The minimum absolute atomic E-state index is 0.348. The van der Waals surface area contributed by atoms with Crippen LogP contribution in [0.25, 0.3) is 10.2 Å². The summed E-state index contributed by atoms with van der Waals surface area (Å²) in [5.74, 6) is 0.348. The van der Waals surface area contributed by atoms with Gasteiger partial charge in [0.15, 0.2) is 0 Å². The van der Waals surface area contributed by atoms with E-state index in [1.54, 1.807) is 29.7 Å². The summed E-state index contributed by atoms with van der Waals surface area (Å²) < 4.78 is 13.3. The van der Waals surface area contributed by atoms with Crippen LogP contribution in [0.3, 0.4) is 0 Å². The number of pyridine rings is 1. The highest BCUT2D eigenvalue weighted by molar-refractivity contribution is 7.84. The first kappa shape index (κ1) is 12.3. The third kappa shape index (κ3) is 2.50. The Kier molecular flexibility index (Phi) is 3.27. The minimum atomic E-state index is -1.26. The lowest BCUT2D eigenvalue weighted by Crippen LogP contribution is -2.02. The number of para-hydroxylation sites is 1. The van der Waals surface area contributed by atoms with Crippen LogP contribution in [0.15, 0.2) is 47.6 Å². The van der Waals surface area contributed by atoms with E-state index < -0.39 is 10.8 Å². The van der Waals surface area contributed by atoms with Crippen molar-refractivity contribution in [2.45, 2.75) is 10.8 Å². The van der Waals surface area contributed by atoms with Crippen LogP contribution in [-0.2, 0) is 16.6 Å². The highest BCUT2D eigenvalue weighted by atomic mass is 32.2. The van der Waals surface area contributed by atoms with Gasteiger partial charge in [-0.05, 0) is 24.3 Å². The molecule has 3 aromatic rings. The van der Waals surface area contributed by atoms with Crippen LogP contribution in [0.5, 0.6) is 0 Å². The summed E-state index contributed by atoms with van der Waals surface area (Å²) in [5, 5.41) is 1.27. The first-order valence-electron chi connectivity index (χ1n) is 5.67. The minimum Gasteiger partial charge on any atom is -0.396 e. The molecule has 2 heterocycles. The van der Waals surface area contributed by atoms with Gasteiger partial charge in [-0.3, -0.25) is 4.21 Å². The predicted octanol–water partition coefficient (Wildman–Crippen LogP) is 2.58. The van der Waals surface area contributed by atoms with Gasteiger partial charge in [0.1, 0.15) is 10.0 Å². The van der Waals surface area contributed by atoms with Crippen molar-refractivity contribution in [3.63, 3.8) is 0 Å². The van der Waals surface area contributed by atoms with Crippen LogP contribution in [0.2, 0.25) is 0 Å². The Morgan fingerprint density at radius 2 is 2.05 bits per heavy atom. The molecular weight excluding hydrogens is 278 g/mol. The molecule has 0 spiro atoms. The highest BCUT2D eigenvalue weighted by Crippen LogP contribution is 2.24. The molecular formula is C13H11N3OS2. The van der Waals surface area contributed by atoms with Crippen LogP contribution < -0.4 is 5.73 Å². The number of nitrogen functional groups attached to an aromatic ring is 1. The van der Waals surface area contributed by atoms with Gasteiger partial charge in [0.05, 0.1) is 32.5 Å². The summed E-state index contributed by atoms with van der Waals surface area (Å²) >= 11 is 1.55. The smallest absolute Gasteiger partial charge is 0.150 e. The summed E-state index contributed by atoms with van der Waals surface area (Å²) in [6.07, 6.45) is 1.60. The normalized spacial score (nSPS) is 12.6. The molecule has 0 aliphatic heterocycles. The second-order valence-electron chi connectivity index (χ2n) is 3.96. The van der Waals surface area contributed by atoms with E-state index in [4.69, 9.17) is 5.73 Å². The van der Waals surface area contributed by atoms with Gasteiger partial charge >= 0.3 is 0 Å². The van der Waals surface area contributed by atoms with Gasteiger partial charge in [0.2, 0.25) is 0 Å². The van der Waals surface area contributed by atoms with Gasteiger partial charge in [-0.2, -0.15) is 0 Å². The van der Waals surface area contributed by atoms with Gasteiger partial charge < -0.3 is 5.73 Å². The first-order chi connectivity index (χ1) is 9.24. The molecule has 0 saturated heterocycles. The molecule has 0 fully saturated rings. The molecule has 2 aromatic heterocycles. The average molecular weight is 289 g/mol. The Bertz CT molecular complexity index is 721. The Morgan fingerprint density at radius 3 is 2.84 bits per heavy atom. The van der Waals surface area contributed by atoms with Gasteiger partial charge in [0, 0.05) is 6.20 Å². The Balaban J connectivity index is 1.89. The van der Waals surface area contributed by atoms with E-state index in [2.05, 4.69) is 9.97 Å². The zero-order valence-corrected chi connectivity index (χ0v) is 11.6. The Labute approximate surface area is 116 Å². The summed E-state index contributed by atoms with van der Waals surface area (Å²) in [7, 11) is -1.26. The largest absolute Gasteiger partial charge is 0.396 e.